The molecule has 2 unspecified atom stereocenters. The molecule has 0 radical (unpaired) electrons. The van der Waals surface area contributed by atoms with Crippen molar-refractivity contribution in [3.8, 4) is 0 Å². The molecule has 5 heteroatoms. The maximum atomic E-state index is 12.1. The summed E-state index contributed by atoms with van der Waals surface area (Å²) in [5.74, 6) is 0. The molecular weight excluding hydrogens is 244 g/mol. The van der Waals surface area contributed by atoms with Gasteiger partial charge < -0.3 is 4.74 Å². The second kappa shape index (κ2) is 5.22. The second-order valence-corrected chi connectivity index (χ2v) is 3.95. The minimum absolute atomic E-state index is 0.0509. The quantitative estimate of drug-likeness (QED) is 0.715. The van der Waals surface area contributed by atoms with Crippen LogP contribution in [-0.4, -0.2) is 48.5 Å². The summed E-state index contributed by atoms with van der Waals surface area (Å²) < 4.78 is 29.7. The van der Waals surface area contributed by atoms with Crippen molar-refractivity contribution in [3.63, 3.8) is 0 Å². The number of morpholine rings is 1. The fraction of sp³-hybridized carbons (Fsp3) is 1.00. The molecule has 1 aliphatic rings. The summed E-state index contributed by atoms with van der Waals surface area (Å²) >= 11 is 3.29. The van der Waals surface area contributed by atoms with Crippen molar-refractivity contribution in [1.82, 2.24) is 4.90 Å². The zero-order valence-corrected chi connectivity index (χ0v) is 9.14. The Morgan fingerprint density at radius 1 is 1.62 bits per heavy atom. The maximum absolute atomic E-state index is 12.1. The highest BCUT2D eigenvalue weighted by molar-refractivity contribution is 9.09. The van der Waals surface area contributed by atoms with E-state index >= 15 is 0 Å². The third-order valence-corrected chi connectivity index (χ3v) is 2.90. The standard InChI is InChI=1S/C8H14BrF2NO/c1-6-5-13-7(2-9)3-12(6)4-8(10)11/h6-8H,2-5H2,1H3. The molecule has 2 nitrogen and oxygen atoms in total. The van der Waals surface area contributed by atoms with Gasteiger partial charge in [0, 0.05) is 17.9 Å². The summed E-state index contributed by atoms with van der Waals surface area (Å²) in [4.78, 5) is 1.78. The van der Waals surface area contributed by atoms with Crippen molar-refractivity contribution < 1.29 is 13.5 Å². The lowest BCUT2D eigenvalue weighted by Gasteiger charge is -2.37. The number of rotatable bonds is 3. The molecule has 1 heterocycles. The summed E-state index contributed by atoms with van der Waals surface area (Å²) in [6, 6.07) is 0.101. The van der Waals surface area contributed by atoms with Crippen LogP contribution >= 0.6 is 15.9 Å². The summed E-state index contributed by atoms with van der Waals surface area (Å²) in [5.41, 5.74) is 0. The molecular formula is C8H14BrF2NO. The van der Waals surface area contributed by atoms with E-state index < -0.39 is 6.43 Å². The third-order valence-electron chi connectivity index (χ3n) is 2.18. The molecule has 1 aliphatic heterocycles. The fourth-order valence-corrected chi connectivity index (χ4v) is 1.79. The predicted molar refractivity (Wildman–Crippen MR) is 50.6 cm³/mol. The van der Waals surface area contributed by atoms with Crippen molar-refractivity contribution in [3.05, 3.63) is 0 Å². The highest BCUT2D eigenvalue weighted by Gasteiger charge is 2.27. The van der Waals surface area contributed by atoms with Crippen LogP contribution in [0, 0.1) is 0 Å². The summed E-state index contributed by atoms with van der Waals surface area (Å²) in [6.45, 7) is 2.90. The lowest BCUT2D eigenvalue weighted by molar-refractivity contribution is -0.0633. The Morgan fingerprint density at radius 2 is 2.31 bits per heavy atom. The number of alkyl halides is 3. The van der Waals surface area contributed by atoms with Gasteiger partial charge in [0.05, 0.1) is 19.3 Å². The third kappa shape index (κ3) is 3.48. The summed E-state index contributed by atoms with van der Waals surface area (Å²) in [7, 11) is 0. The van der Waals surface area contributed by atoms with E-state index in [9.17, 15) is 8.78 Å². The van der Waals surface area contributed by atoms with Crippen LogP contribution in [0.3, 0.4) is 0 Å². The first-order valence-electron chi connectivity index (χ1n) is 4.33. The molecule has 0 aliphatic carbocycles. The molecule has 0 aromatic carbocycles. The molecule has 1 saturated heterocycles. The Kier molecular flexibility index (Phi) is 4.55. The average molecular weight is 258 g/mol. The van der Waals surface area contributed by atoms with Gasteiger partial charge in [-0.1, -0.05) is 15.9 Å². The Hall–Kier alpha value is 0.260. The zero-order chi connectivity index (χ0) is 9.84. The van der Waals surface area contributed by atoms with Crippen LogP contribution in [0.2, 0.25) is 0 Å². The molecule has 78 valence electrons. The molecule has 0 N–H and O–H groups in total. The predicted octanol–water partition coefficient (Wildman–Crippen LogP) is 1.74. The fourth-order valence-electron chi connectivity index (χ4n) is 1.40. The Labute approximate surface area is 85.4 Å². The molecule has 1 rings (SSSR count). The van der Waals surface area contributed by atoms with E-state index in [4.69, 9.17) is 4.74 Å². The molecule has 0 saturated carbocycles. The molecule has 0 aromatic rings. The second-order valence-electron chi connectivity index (χ2n) is 3.30. The lowest BCUT2D eigenvalue weighted by Crippen LogP contribution is -2.50. The van der Waals surface area contributed by atoms with E-state index in [0.717, 1.165) is 0 Å². The minimum atomic E-state index is -2.25. The normalized spacial score (nSPS) is 31.2. The van der Waals surface area contributed by atoms with E-state index in [2.05, 4.69) is 15.9 Å². The molecule has 2 atom stereocenters. The van der Waals surface area contributed by atoms with Crippen molar-refractivity contribution in [2.45, 2.75) is 25.5 Å². The monoisotopic (exact) mass is 257 g/mol. The van der Waals surface area contributed by atoms with Gasteiger partial charge in [0.25, 0.3) is 6.43 Å². The van der Waals surface area contributed by atoms with E-state index in [1.165, 1.54) is 0 Å². The van der Waals surface area contributed by atoms with Gasteiger partial charge in [0.2, 0.25) is 0 Å². The van der Waals surface area contributed by atoms with Gasteiger partial charge in [-0.25, -0.2) is 8.78 Å². The molecule has 1 fully saturated rings. The number of hydrogen-bond donors (Lipinski definition) is 0. The van der Waals surface area contributed by atoms with Crippen LogP contribution in [-0.2, 0) is 4.74 Å². The van der Waals surface area contributed by atoms with E-state index in [-0.39, 0.29) is 18.7 Å². The molecule has 13 heavy (non-hydrogen) atoms. The number of halogens is 3. The smallest absolute Gasteiger partial charge is 0.251 e. The summed E-state index contributed by atoms with van der Waals surface area (Å²) in [5, 5.41) is 0.708. The topological polar surface area (TPSA) is 12.5 Å². The maximum Gasteiger partial charge on any atom is 0.251 e. The van der Waals surface area contributed by atoms with Gasteiger partial charge in [-0.05, 0) is 6.92 Å². The Bertz CT molecular complexity index is 159. The van der Waals surface area contributed by atoms with Gasteiger partial charge >= 0.3 is 0 Å². The largest absolute Gasteiger partial charge is 0.374 e. The number of ether oxygens (including phenoxy) is 1. The first-order valence-corrected chi connectivity index (χ1v) is 5.45. The van der Waals surface area contributed by atoms with Crippen LogP contribution in [0.25, 0.3) is 0 Å². The van der Waals surface area contributed by atoms with Gasteiger partial charge in [-0.2, -0.15) is 0 Å². The van der Waals surface area contributed by atoms with E-state index in [1.807, 2.05) is 6.92 Å². The van der Waals surface area contributed by atoms with Crippen LogP contribution in [0.1, 0.15) is 6.92 Å². The van der Waals surface area contributed by atoms with Gasteiger partial charge in [-0.3, -0.25) is 4.90 Å². The first-order chi connectivity index (χ1) is 6.13. The molecule has 0 spiro atoms. The average Bonchev–Trinajstić information content (AvgIpc) is 2.08. The highest BCUT2D eigenvalue weighted by Crippen LogP contribution is 2.14. The van der Waals surface area contributed by atoms with Crippen LogP contribution in [0.5, 0.6) is 0 Å². The Morgan fingerprint density at radius 3 is 2.85 bits per heavy atom. The Balaban J connectivity index is 2.40. The highest BCUT2D eigenvalue weighted by atomic mass is 79.9. The minimum Gasteiger partial charge on any atom is -0.374 e. The van der Waals surface area contributed by atoms with Crippen molar-refractivity contribution in [2.24, 2.45) is 0 Å². The molecule has 0 bridgehead atoms. The van der Waals surface area contributed by atoms with E-state index in [1.54, 1.807) is 4.90 Å². The molecule has 0 aromatic heterocycles. The zero-order valence-electron chi connectivity index (χ0n) is 7.55. The lowest BCUT2D eigenvalue weighted by atomic mass is 10.2. The number of hydrogen-bond acceptors (Lipinski definition) is 2. The van der Waals surface area contributed by atoms with Crippen LogP contribution < -0.4 is 0 Å². The van der Waals surface area contributed by atoms with Crippen molar-refractivity contribution in [2.75, 3.05) is 25.0 Å². The number of nitrogens with zero attached hydrogens (tertiary/aromatic N) is 1. The van der Waals surface area contributed by atoms with E-state index in [0.29, 0.717) is 18.5 Å². The van der Waals surface area contributed by atoms with Gasteiger partial charge in [0.15, 0.2) is 0 Å². The van der Waals surface area contributed by atoms with Gasteiger partial charge in [0.1, 0.15) is 0 Å². The first kappa shape index (κ1) is 11.3. The van der Waals surface area contributed by atoms with Gasteiger partial charge in [-0.15, -0.1) is 0 Å². The summed E-state index contributed by atoms with van der Waals surface area (Å²) in [6.07, 6.45) is -2.20. The van der Waals surface area contributed by atoms with Crippen molar-refractivity contribution in [1.29, 1.82) is 0 Å². The van der Waals surface area contributed by atoms with Crippen molar-refractivity contribution >= 4 is 15.9 Å². The SMILES string of the molecule is CC1COC(CBr)CN1CC(F)F. The van der Waals surface area contributed by atoms with Crippen LogP contribution in [0.4, 0.5) is 8.78 Å². The molecule has 0 amide bonds. The van der Waals surface area contributed by atoms with Crippen LogP contribution in [0.15, 0.2) is 0 Å².